The molecule has 0 saturated heterocycles. The SMILES string of the molecule is CC(C)(c1cccc(-c2[c-]c(F)nc(F)c2)n1)c1ccn(-c2[c-]cc3ccccc3c2)n1.[Pt+2]. The van der Waals surface area contributed by atoms with Gasteiger partial charge in [-0.2, -0.15) is 27.2 Å². The van der Waals surface area contributed by atoms with E-state index in [4.69, 9.17) is 5.10 Å². The van der Waals surface area contributed by atoms with Crippen LogP contribution in [0.3, 0.4) is 0 Å². The molecule has 5 rings (SSSR count). The van der Waals surface area contributed by atoms with Crippen LogP contribution in [-0.2, 0) is 26.5 Å². The number of aromatic nitrogens is 4. The fourth-order valence-electron chi connectivity index (χ4n) is 3.66. The Kier molecular flexibility index (Phi) is 6.22. The summed E-state index contributed by atoms with van der Waals surface area (Å²) < 4.78 is 28.9. The molecular weight excluding hydrogens is 601 g/mol. The molecule has 2 aromatic carbocycles. The molecule has 0 N–H and O–H groups in total. The Hall–Kier alpha value is -3.24. The van der Waals surface area contributed by atoms with Gasteiger partial charge in [0.05, 0.1) is 5.69 Å². The maximum absolute atomic E-state index is 13.6. The van der Waals surface area contributed by atoms with Gasteiger partial charge in [0.2, 0.25) is 0 Å². The van der Waals surface area contributed by atoms with Crippen LogP contribution >= 0.6 is 0 Å². The molecule has 33 heavy (non-hydrogen) atoms. The zero-order valence-corrected chi connectivity index (χ0v) is 20.1. The largest absolute Gasteiger partial charge is 2.00 e. The molecule has 3 heterocycles. The average molecular weight is 620 g/mol. The van der Waals surface area contributed by atoms with Crippen LogP contribution in [-0.4, -0.2) is 19.7 Å². The molecule has 0 amide bonds. The fraction of sp³-hybridized carbons (Fsp3) is 0.115. The second-order valence-electron chi connectivity index (χ2n) is 8.03. The molecule has 0 unspecified atom stereocenters. The maximum Gasteiger partial charge on any atom is 2.00 e. The van der Waals surface area contributed by atoms with Gasteiger partial charge in [-0.3, -0.25) is 4.68 Å². The zero-order valence-electron chi connectivity index (χ0n) is 17.8. The second kappa shape index (κ2) is 8.95. The first-order chi connectivity index (χ1) is 15.4. The molecule has 0 radical (unpaired) electrons. The molecule has 0 saturated carbocycles. The van der Waals surface area contributed by atoms with E-state index in [9.17, 15) is 8.78 Å². The van der Waals surface area contributed by atoms with Crippen LogP contribution in [0.2, 0.25) is 0 Å². The van der Waals surface area contributed by atoms with Gasteiger partial charge in [-0.1, -0.05) is 30.3 Å². The Balaban J connectivity index is 0.00000259. The smallest absolute Gasteiger partial charge is 0.316 e. The number of hydrogen-bond acceptors (Lipinski definition) is 3. The van der Waals surface area contributed by atoms with Crippen molar-refractivity contribution in [1.82, 2.24) is 19.7 Å². The van der Waals surface area contributed by atoms with E-state index >= 15 is 0 Å². The molecule has 4 nitrogen and oxygen atoms in total. The van der Waals surface area contributed by atoms with Crippen molar-refractivity contribution in [3.8, 4) is 16.9 Å². The standard InChI is InChI=1S/C26H18F2N4.Pt/c1-26(2,22-9-5-8-21(29-22)19-15-24(27)30-25(28)16-19)23-12-13-32(31-23)20-11-10-17-6-3-4-7-18(17)14-20;/h3-10,12-15H,1-2H3;/q-2;+2. The molecule has 0 fully saturated rings. The number of fused-ring (bicyclic) bond motifs is 1. The predicted molar refractivity (Wildman–Crippen MR) is 118 cm³/mol. The number of rotatable bonds is 4. The van der Waals surface area contributed by atoms with E-state index < -0.39 is 17.3 Å². The van der Waals surface area contributed by atoms with E-state index in [0.29, 0.717) is 11.4 Å². The van der Waals surface area contributed by atoms with E-state index in [1.165, 1.54) is 0 Å². The van der Waals surface area contributed by atoms with Crippen molar-refractivity contribution in [3.05, 3.63) is 108 Å². The van der Waals surface area contributed by atoms with Crippen LogP contribution in [0.4, 0.5) is 8.78 Å². The van der Waals surface area contributed by atoms with Gasteiger partial charge in [-0.25, -0.2) is 9.37 Å². The summed E-state index contributed by atoms with van der Waals surface area (Å²) in [7, 11) is 0. The topological polar surface area (TPSA) is 43.6 Å². The molecule has 0 aliphatic carbocycles. The van der Waals surface area contributed by atoms with Crippen LogP contribution in [0, 0.1) is 24.0 Å². The third-order valence-electron chi connectivity index (χ3n) is 5.51. The normalized spacial score (nSPS) is 11.4. The number of pyridine rings is 2. The minimum absolute atomic E-state index is 0. The van der Waals surface area contributed by atoms with Crippen molar-refractivity contribution in [2.24, 2.45) is 0 Å². The van der Waals surface area contributed by atoms with Gasteiger partial charge in [0.15, 0.2) is 11.9 Å². The van der Waals surface area contributed by atoms with Crippen LogP contribution in [0.25, 0.3) is 27.7 Å². The monoisotopic (exact) mass is 619 g/mol. The third-order valence-corrected chi connectivity index (χ3v) is 5.51. The van der Waals surface area contributed by atoms with Crippen LogP contribution in [0.1, 0.15) is 25.2 Å². The van der Waals surface area contributed by atoms with Gasteiger partial charge in [0, 0.05) is 17.3 Å². The van der Waals surface area contributed by atoms with Crippen molar-refractivity contribution in [1.29, 1.82) is 0 Å². The van der Waals surface area contributed by atoms with Gasteiger partial charge in [-0.05, 0) is 37.4 Å². The quantitative estimate of drug-likeness (QED) is 0.192. The van der Waals surface area contributed by atoms with Crippen molar-refractivity contribution >= 4 is 10.8 Å². The fourth-order valence-corrected chi connectivity index (χ4v) is 3.66. The van der Waals surface area contributed by atoms with Gasteiger partial charge in [0.25, 0.3) is 0 Å². The van der Waals surface area contributed by atoms with Crippen LogP contribution in [0.5, 0.6) is 0 Å². The summed E-state index contributed by atoms with van der Waals surface area (Å²) >= 11 is 0. The van der Waals surface area contributed by atoms with Gasteiger partial charge >= 0.3 is 21.1 Å². The van der Waals surface area contributed by atoms with Crippen molar-refractivity contribution < 1.29 is 29.8 Å². The minimum Gasteiger partial charge on any atom is -0.316 e. The van der Waals surface area contributed by atoms with Crippen molar-refractivity contribution in [2.75, 3.05) is 0 Å². The Morgan fingerprint density at radius 1 is 0.879 bits per heavy atom. The van der Waals surface area contributed by atoms with E-state index in [1.54, 1.807) is 16.8 Å². The number of benzene rings is 2. The Morgan fingerprint density at radius 3 is 2.45 bits per heavy atom. The van der Waals surface area contributed by atoms with E-state index in [1.807, 2.05) is 62.5 Å². The second-order valence-corrected chi connectivity index (χ2v) is 8.03. The molecule has 0 aliphatic heterocycles. The maximum atomic E-state index is 13.6. The minimum atomic E-state index is -1.00. The average Bonchev–Trinajstić information content (AvgIpc) is 3.29. The summed E-state index contributed by atoms with van der Waals surface area (Å²) in [5.74, 6) is -1.91. The summed E-state index contributed by atoms with van der Waals surface area (Å²) in [6.07, 6.45) is 1.89. The molecule has 0 bridgehead atoms. The predicted octanol–water partition coefficient (Wildman–Crippen LogP) is 5.68. The molecule has 166 valence electrons. The number of nitrogens with zero attached hydrogens (tertiary/aromatic N) is 4. The summed E-state index contributed by atoms with van der Waals surface area (Å²) in [5.41, 5.74) is 2.43. The van der Waals surface area contributed by atoms with Gasteiger partial charge in [-0.15, -0.1) is 35.0 Å². The van der Waals surface area contributed by atoms with E-state index in [-0.39, 0.29) is 26.6 Å². The number of halogens is 2. The molecular formula is C26H18F2N4Pt. The Morgan fingerprint density at radius 2 is 1.67 bits per heavy atom. The Labute approximate surface area is 204 Å². The summed E-state index contributed by atoms with van der Waals surface area (Å²) in [6.45, 7) is 4.01. The summed E-state index contributed by atoms with van der Waals surface area (Å²) in [5, 5.41) is 7.00. The van der Waals surface area contributed by atoms with Crippen molar-refractivity contribution in [2.45, 2.75) is 19.3 Å². The first-order valence-corrected chi connectivity index (χ1v) is 10.1. The van der Waals surface area contributed by atoms with E-state index in [0.717, 1.165) is 28.2 Å². The molecule has 0 spiro atoms. The third kappa shape index (κ3) is 4.48. The van der Waals surface area contributed by atoms with Crippen LogP contribution in [0.15, 0.2) is 72.9 Å². The summed E-state index contributed by atoms with van der Waals surface area (Å²) in [6, 6.07) is 26.2. The zero-order chi connectivity index (χ0) is 22.3. The van der Waals surface area contributed by atoms with Gasteiger partial charge < -0.3 is 4.98 Å². The van der Waals surface area contributed by atoms with Crippen molar-refractivity contribution in [3.63, 3.8) is 0 Å². The Bertz CT molecular complexity index is 1430. The van der Waals surface area contributed by atoms with Crippen LogP contribution < -0.4 is 0 Å². The van der Waals surface area contributed by atoms with Gasteiger partial charge in [0.1, 0.15) is 0 Å². The van der Waals surface area contributed by atoms with E-state index in [2.05, 4.69) is 28.2 Å². The molecule has 7 heteroatoms. The number of hydrogen-bond donors (Lipinski definition) is 0. The molecule has 0 aliphatic rings. The molecule has 3 aromatic heterocycles. The first-order valence-electron chi connectivity index (χ1n) is 10.1. The molecule has 0 atom stereocenters. The molecule has 5 aromatic rings. The summed E-state index contributed by atoms with van der Waals surface area (Å²) in [4.78, 5) is 7.74. The first kappa shape index (κ1) is 22.9.